The molecule has 0 aliphatic heterocycles. The summed E-state index contributed by atoms with van der Waals surface area (Å²) in [6.45, 7) is 6.02. The van der Waals surface area contributed by atoms with Crippen molar-refractivity contribution < 1.29 is 20.4 Å². The van der Waals surface area contributed by atoms with Crippen LogP contribution in [0.2, 0.25) is 0 Å². The lowest BCUT2D eigenvalue weighted by Crippen LogP contribution is -2.00. The molecule has 0 aliphatic rings. The third-order valence-corrected chi connectivity index (χ3v) is 5.88. The molecule has 0 spiro atoms. The Balaban J connectivity index is 0.000000191. The maximum Gasteiger partial charge on any atom is 0.119 e. The van der Waals surface area contributed by atoms with Gasteiger partial charge in [0.15, 0.2) is 0 Å². The molecule has 0 heterocycles. The first-order valence-electron chi connectivity index (χ1n) is 11.4. The molecule has 0 amide bonds. The average Bonchev–Trinajstić information content (AvgIpc) is 2.82. The van der Waals surface area contributed by atoms with Crippen molar-refractivity contribution in [3.8, 4) is 23.0 Å². The molecule has 0 radical (unpaired) electrons. The van der Waals surface area contributed by atoms with Gasteiger partial charge >= 0.3 is 0 Å². The highest BCUT2D eigenvalue weighted by Crippen LogP contribution is 2.37. The Kier molecular flexibility index (Phi) is 8.20. The maximum absolute atomic E-state index is 9.88. The number of rotatable bonds is 5. The third-order valence-electron chi connectivity index (χ3n) is 5.88. The highest BCUT2D eigenvalue weighted by molar-refractivity contribution is 5.46. The molecule has 4 aromatic carbocycles. The third kappa shape index (κ3) is 6.10. The van der Waals surface area contributed by atoms with Gasteiger partial charge < -0.3 is 20.4 Å². The second kappa shape index (κ2) is 11.3. The SMILES string of the molecule is CCC(c1ccccc1O)c1ccccc1O.Cc1ccc(O)c(Cc2cc(C)ccc2O)c1. The summed E-state index contributed by atoms with van der Waals surface area (Å²) in [7, 11) is 0. The normalized spacial score (nSPS) is 10.6. The zero-order chi connectivity index (χ0) is 24.7. The van der Waals surface area contributed by atoms with Gasteiger partial charge in [0.2, 0.25) is 0 Å². The van der Waals surface area contributed by atoms with E-state index in [0.717, 1.165) is 39.8 Å². The Bertz CT molecular complexity index is 1150. The van der Waals surface area contributed by atoms with Crippen molar-refractivity contribution >= 4 is 0 Å². The van der Waals surface area contributed by atoms with Gasteiger partial charge in [-0.15, -0.1) is 0 Å². The monoisotopic (exact) mass is 456 g/mol. The molecule has 4 nitrogen and oxygen atoms in total. The van der Waals surface area contributed by atoms with Crippen molar-refractivity contribution in [2.75, 3.05) is 0 Å². The largest absolute Gasteiger partial charge is 0.508 e. The smallest absolute Gasteiger partial charge is 0.119 e. The molecule has 0 aliphatic carbocycles. The van der Waals surface area contributed by atoms with E-state index >= 15 is 0 Å². The van der Waals surface area contributed by atoms with E-state index in [-0.39, 0.29) is 28.9 Å². The molecule has 0 aromatic heterocycles. The van der Waals surface area contributed by atoms with E-state index in [4.69, 9.17) is 0 Å². The zero-order valence-corrected chi connectivity index (χ0v) is 19.9. The van der Waals surface area contributed by atoms with Crippen LogP contribution in [0.5, 0.6) is 23.0 Å². The van der Waals surface area contributed by atoms with Gasteiger partial charge in [0, 0.05) is 23.5 Å². The van der Waals surface area contributed by atoms with E-state index in [9.17, 15) is 20.4 Å². The first kappa shape index (κ1) is 24.7. The highest BCUT2D eigenvalue weighted by Gasteiger charge is 2.18. The molecular formula is C30H32O4. The summed E-state index contributed by atoms with van der Waals surface area (Å²) in [6, 6.07) is 25.6. The van der Waals surface area contributed by atoms with Crippen LogP contribution in [0.1, 0.15) is 52.6 Å². The van der Waals surface area contributed by atoms with Crippen molar-refractivity contribution in [2.24, 2.45) is 0 Å². The summed E-state index contributed by atoms with van der Waals surface area (Å²) in [5.74, 6) is 1.13. The van der Waals surface area contributed by atoms with Crippen LogP contribution in [0.15, 0.2) is 84.9 Å². The van der Waals surface area contributed by atoms with Crippen molar-refractivity contribution in [3.05, 3.63) is 118 Å². The van der Waals surface area contributed by atoms with Crippen molar-refractivity contribution in [3.63, 3.8) is 0 Å². The van der Waals surface area contributed by atoms with E-state index in [2.05, 4.69) is 0 Å². The standard InChI is InChI=1S/2C15H16O2/c1-10-3-5-14(16)12(7-10)9-13-8-11(2)4-6-15(13)17;1-2-11(12-7-3-5-9-14(12)16)13-8-4-6-10-15(13)17/h3-8,16-17H,9H2,1-2H3;3-11,16-17H,2H2,1H3. The van der Waals surface area contributed by atoms with Crippen LogP contribution in [0, 0.1) is 13.8 Å². The minimum atomic E-state index is 0.0254. The van der Waals surface area contributed by atoms with Crippen molar-refractivity contribution in [1.29, 1.82) is 0 Å². The number of aromatic hydroxyl groups is 4. The number of aryl methyl sites for hydroxylation is 2. The summed E-state index contributed by atoms with van der Waals surface area (Å²) in [5, 5.41) is 39.3. The number of hydrogen-bond acceptors (Lipinski definition) is 4. The summed E-state index contributed by atoms with van der Waals surface area (Å²) in [4.78, 5) is 0. The Morgan fingerprint density at radius 2 is 0.971 bits per heavy atom. The second-order valence-corrected chi connectivity index (χ2v) is 8.52. The number of phenols is 4. The fourth-order valence-corrected chi connectivity index (χ4v) is 4.09. The predicted molar refractivity (Wildman–Crippen MR) is 137 cm³/mol. The minimum Gasteiger partial charge on any atom is -0.508 e. The van der Waals surface area contributed by atoms with E-state index in [1.807, 2.05) is 69.3 Å². The van der Waals surface area contributed by atoms with Gasteiger partial charge in [-0.2, -0.15) is 0 Å². The minimum absolute atomic E-state index is 0.0254. The lowest BCUT2D eigenvalue weighted by Gasteiger charge is -2.18. The molecule has 4 rings (SSSR count). The molecule has 0 saturated carbocycles. The average molecular weight is 457 g/mol. The Hall–Kier alpha value is -3.92. The van der Waals surface area contributed by atoms with Crippen molar-refractivity contribution in [1.82, 2.24) is 0 Å². The maximum atomic E-state index is 9.88. The van der Waals surface area contributed by atoms with Gasteiger partial charge in [-0.3, -0.25) is 0 Å². The van der Waals surface area contributed by atoms with Crippen LogP contribution >= 0.6 is 0 Å². The molecule has 176 valence electrons. The van der Waals surface area contributed by atoms with Gasteiger partial charge in [0.05, 0.1) is 0 Å². The highest BCUT2D eigenvalue weighted by atomic mass is 16.3. The molecule has 4 aromatic rings. The van der Waals surface area contributed by atoms with Crippen LogP contribution in [0.25, 0.3) is 0 Å². The molecule has 0 unspecified atom stereocenters. The van der Waals surface area contributed by atoms with Crippen LogP contribution in [-0.2, 0) is 6.42 Å². The lowest BCUT2D eigenvalue weighted by atomic mass is 9.88. The zero-order valence-electron chi connectivity index (χ0n) is 19.9. The Morgan fingerprint density at radius 1 is 0.559 bits per heavy atom. The Labute approximate surface area is 201 Å². The van der Waals surface area contributed by atoms with Crippen molar-refractivity contribution in [2.45, 2.75) is 39.5 Å². The molecule has 0 bridgehead atoms. The molecular weight excluding hydrogens is 424 g/mol. The molecule has 34 heavy (non-hydrogen) atoms. The second-order valence-electron chi connectivity index (χ2n) is 8.52. The van der Waals surface area contributed by atoms with Crippen LogP contribution in [0.3, 0.4) is 0 Å². The first-order chi connectivity index (χ1) is 16.3. The van der Waals surface area contributed by atoms with Gasteiger partial charge in [-0.05, 0) is 55.7 Å². The predicted octanol–water partition coefficient (Wildman–Crippen LogP) is 6.95. The number of benzene rings is 4. The molecule has 0 saturated heterocycles. The van der Waals surface area contributed by atoms with Gasteiger partial charge in [0.25, 0.3) is 0 Å². The summed E-state index contributed by atoms with van der Waals surface area (Å²) in [5.41, 5.74) is 5.60. The first-order valence-corrected chi connectivity index (χ1v) is 11.4. The fraction of sp³-hybridized carbons (Fsp3) is 0.200. The van der Waals surface area contributed by atoms with Crippen LogP contribution in [0.4, 0.5) is 0 Å². The molecule has 4 N–H and O–H groups in total. The fourth-order valence-electron chi connectivity index (χ4n) is 4.09. The summed E-state index contributed by atoms with van der Waals surface area (Å²) >= 11 is 0. The van der Waals surface area contributed by atoms with E-state index in [1.165, 1.54) is 0 Å². The summed E-state index contributed by atoms with van der Waals surface area (Å²) < 4.78 is 0. The number of para-hydroxylation sites is 2. The van der Waals surface area contributed by atoms with E-state index < -0.39 is 0 Å². The molecule has 0 atom stereocenters. The van der Waals surface area contributed by atoms with Gasteiger partial charge in [-0.1, -0.05) is 78.7 Å². The van der Waals surface area contributed by atoms with Crippen LogP contribution in [-0.4, -0.2) is 20.4 Å². The lowest BCUT2D eigenvalue weighted by molar-refractivity contribution is 0.452. The quantitative estimate of drug-likeness (QED) is 0.262. The van der Waals surface area contributed by atoms with Gasteiger partial charge in [-0.25, -0.2) is 0 Å². The topological polar surface area (TPSA) is 80.9 Å². The van der Waals surface area contributed by atoms with Crippen LogP contribution < -0.4 is 0 Å². The summed E-state index contributed by atoms with van der Waals surface area (Å²) in [6.07, 6.45) is 1.37. The molecule has 0 fully saturated rings. The molecule has 4 heteroatoms. The Morgan fingerprint density at radius 3 is 1.35 bits per heavy atom. The van der Waals surface area contributed by atoms with E-state index in [1.54, 1.807) is 36.4 Å². The van der Waals surface area contributed by atoms with E-state index in [0.29, 0.717) is 6.42 Å². The van der Waals surface area contributed by atoms with Gasteiger partial charge in [0.1, 0.15) is 23.0 Å². The number of phenolic OH excluding ortho intramolecular Hbond substituents is 4. The number of hydrogen-bond donors (Lipinski definition) is 4.